The number of hydrogen-bond acceptors (Lipinski definition) is 3. The van der Waals surface area contributed by atoms with E-state index in [-0.39, 0.29) is 10.8 Å². The van der Waals surface area contributed by atoms with Gasteiger partial charge in [-0.15, -0.1) is 0 Å². The van der Waals surface area contributed by atoms with Gasteiger partial charge in [-0.1, -0.05) is 36.2 Å². The zero-order chi connectivity index (χ0) is 19.3. The molecule has 6 heteroatoms. The van der Waals surface area contributed by atoms with Crippen molar-refractivity contribution in [2.75, 3.05) is 18.4 Å². The number of nitrogens with zero attached hydrogens (tertiary/aromatic N) is 1. The highest BCUT2D eigenvalue weighted by molar-refractivity contribution is 7.89. The Morgan fingerprint density at radius 1 is 0.963 bits per heavy atom. The van der Waals surface area contributed by atoms with Crippen molar-refractivity contribution in [3.63, 3.8) is 0 Å². The lowest BCUT2D eigenvalue weighted by Crippen LogP contribution is -2.35. The first kappa shape index (κ1) is 19.6. The number of anilines is 1. The number of benzene rings is 2. The van der Waals surface area contributed by atoms with Gasteiger partial charge in [-0.2, -0.15) is 4.31 Å². The number of nitrogens with one attached hydrogen (secondary N) is 1. The summed E-state index contributed by atoms with van der Waals surface area (Å²) >= 11 is 0. The molecule has 3 rings (SSSR count). The van der Waals surface area contributed by atoms with Crippen molar-refractivity contribution in [3.05, 3.63) is 59.7 Å². The van der Waals surface area contributed by atoms with E-state index in [0.29, 0.717) is 31.6 Å². The van der Waals surface area contributed by atoms with Crippen molar-refractivity contribution >= 4 is 21.6 Å². The molecule has 1 fully saturated rings. The van der Waals surface area contributed by atoms with E-state index < -0.39 is 10.0 Å². The molecule has 2 aromatic carbocycles. The molecule has 2 aromatic rings. The Morgan fingerprint density at radius 2 is 1.59 bits per heavy atom. The van der Waals surface area contributed by atoms with Crippen molar-refractivity contribution in [1.29, 1.82) is 0 Å². The van der Waals surface area contributed by atoms with E-state index in [1.165, 1.54) is 5.56 Å². The van der Waals surface area contributed by atoms with Crippen LogP contribution >= 0.6 is 0 Å². The van der Waals surface area contributed by atoms with Gasteiger partial charge < -0.3 is 5.32 Å². The number of sulfonamides is 1. The molecule has 1 aliphatic rings. The molecule has 0 bridgehead atoms. The Labute approximate surface area is 161 Å². The van der Waals surface area contributed by atoms with Gasteiger partial charge in [0.05, 0.1) is 4.90 Å². The molecule has 1 amide bonds. The first-order valence-corrected chi connectivity index (χ1v) is 10.8. The van der Waals surface area contributed by atoms with Crippen LogP contribution < -0.4 is 5.32 Å². The van der Waals surface area contributed by atoms with Crippen molar-refractivity contribution in [2.45, 2.75) is 43.9 Å². The molecule has 0 saturated carbocycles. The van der Waals surface area contributed by atoms with Crippen LogP contribution in [0.3, 0.4) is 0 Å². The lowest BCUT2D eigenvalue weighted by Gasteiger charge is -2.25. The number of carbonyl (C=O) groups is 1. The third-order valence-corrected chi connectivity index (χ3v) is 6.77. The number of hydrogen-bond donors (Lipinski definition) is 1. The van der Waals surface area contributed by atoms with Gasteiger partial charge in [0.2, 0.25) is 15.9 Å². The lowest BCUT2D eigenvalue weighted by molar-refractivity contribution is -0.116. The fourth-order valence-corrected chi connectivity index (χ4v) is 4.72. The predicted molar refractivity (Wildman–Crippen MR) is 107 cm³/mol. The van der Waals surface area contributed by atoms with Crippen LogP contribution in [0.1, 0.15) is 36.8 Å². The lowest BCUT2D eigenvalue weighted by atomic mass is 10.1. The SMILES string of the molecule is Cc1ccc(CCC(=O)Nc2ccc(S(=O)(=O)N3CCCCC3)cc2)cc1. The molecule has 1 saturated heterocycles. The minimum Gasteiger partial charge on any atom is -0.326 e. The number of piperidine rings is 1. The number of amides is 1. The molecule has 5 nitrogen and oxygen atoms in total. The van der Waals surface area contributed by atoms with E-state index >= 15 is 0 Å². The van der Waals surface area contributed by atoms with E-state index in [4.69, 9.17) is 0 Å². The van der Waals surface area contributed by atoms with Crippen LogP contribution in [0, 0.1) is 6.92 Å². The van der Waals surface area contributed by atoms with Gasteiger partial charge in [-0.3, -0.25) is 4.79 Å². The zero-order valence-electron chi connectivity index (χ0n) is 15.6. The molecule has 1 N–H and O–H groups in total. The maximum atomic E-state index is 12.6. The Kier molecular flexibility index (Phi) is 6.29. The largest absolute Gasteiger partial charge is 0.326 e. The standard InChI is InChI=1S/C21H26N2O3S/c1-17-5-7-18(8-6-17)9-14-21(24)22-19-10-12-20(13-11-19)27(25,26)23-15-3-2-4-16-23/h5-8,10-13H,2-4,9,14-16H2,1H3,(H,22,24). The van der Waals surface area contributed by atoms with Crippen molar-refractivity contribution in [1.82, 2.24) is 4.31 Å². The minimum atomic E-state index is -3.44. The predicted octanol–water partition coefficient (Wildman–Crippen LogP) is 3.74. The van der Waals surface area contributed by atoms with Gasteiger partial charge in [0.25, 0.3) is 0 Å². The van der Waals surface area contributed by atoms with Crippen LogP contribution in [-0.4, -0.2) is 31.7 Å². The average Bonchev–Trinajstić information content (AvgIpc) is 2.69. The molecule has 1 aliphatic heterocycles. The fraction of sp³-hybridized carbons (Fsp3) is 0.381. The Hall–Kier alpha value is -2.18. The average molecular weight is 387 g/mol. The van der Waals surface area contributed by atoms with Crippen LogP contribution in [0.25, 0.3) is 0 Å². The van der Waals surface area contributed by atoms with E-state index in [1.807, 2.05) is 31.2 Å². The summed E-state index contributed by atoms with van der Waals surface area (Å²) in [5.41, 5.74) is 2.93. The number of carbonyl (C=O) groups excluding carboxylic acids is 1. The van der Waals surface area contributed by atoms with E-state index in [2.05, 4.69) is 5.32 Å². The summed E-state index contributed by atoms with van der Waals surface area (Å²) in [4.78, 5) is 12.4. The highest BCUT2D eigenvalue weighted by Gasteiger charge is 2.25. The monoisotopic (exact) mass is 386 g/mol. The van der Waals surface area contributed by atoms with Crippen molar-refractivity contribution in [3.8, 4) is 0 Å². The second-order valence-electron chi connectivity index (χ2n) is 7.02. The highest BCUT2D eigenvalue weighted by Crippen LogP contribution is 2.22. The first-order valence-electron chi connectivity index (χ1n) is 9.41. The Bertz CT molecular complexity index is 869. The second-order valence-corrected chi connectivity index (χ2v) is 8.96. The first-order chi connectivity index (χ1) is 12.9. The van der Waals surface area contributed by atoms with Crippen molar-refractivity contribution in [2.24, 2.45) is 0 Å². The van der Waals surface area contributed by atoms with E-state index in [9.17, 15) is 13.2 Å². The molecule has 0 aromatic heterocycles. The fourth-order valence-electron chi connectivity index (χ4n) is 3.20. The second kappa shape index (κ2) is 8.67. The zero-order valence-corrected chi connectivity index (χ0v) is 16.5. The van der Waals surface area contributed by atoms with E-state index in [1.54, 1.807) is 28.6 Å². The number of rotatable bonds is 6. The maximum Gasteiger partial charge on any atom is 0.243 e. The van der Waals surface area contributed by atoms with E-state index in [0.717, 1.165) is 24.8 Å². The molecule has 0 unspecified atom stereocenters. The molecular formula is C21H26N2O3S. The smallest absolute Gasteiger partial charge is 0.243 e. The third-order valence-electron chi connectivity index (χ3n) is 4.85. The van der Waals surface area contributed by atoms with Gasteiger partial charge in [0.15, 0.2) is 0 Å². The molecule has 0 aliphatic carbocycles. The normalized spacial score (nSPS) is 15.4. The van der Waals surface area contributed by atoms with Gasteiger partial charge in [0.1, 0.15) is 0 Å². The van der Waals surface area contributed by atoms with Crippen LogP contribution in [0.2, 0.25) is 0 Å². The van der Waals surface area contributed by atoms with Crippen LogP contribution in [0.5, 0.6) is 0 Å². The summed E-state index contributed by atoms with van der Waals surface area (Å²) < 4.78 is 26.8. The van der Waals surface area contributed by atoms with Crippen molar-refractivity contribution < 1.29 is 13.2 Å². The molecule has 0 spiro atoms. The Morgan fingerprint density at radius 3 is 2.22 bits per heavy atom. The molecule has 144 valence electrons. The van der Waals surface area contributed by atoms with Crippen LogP contribution in [0.4, 0.5) is 5.69 Å². The molecular weight excluding hydrogens is 360 g/mol. The summed E-state index contributed by atoms with van der Waals surface area (Å²) in [7, 11) is -3.44. The third kappa shape index (κ3) is 5.17. The number of aryl methyl sites for hydroxylation is 2. The topological polar surface area (TPSA) is 66.5 Å². The quantitative estimate of drug-likeness (QED) is 0.822. The maximum absolute atomic E-state index is 12.6. The summed E-state index contributed by atoms with van der Waals surface area (Å²) in [5, 5.41) is 2.83. The molecule has 0 atom stereocenters. The van der Waals surface area contributed by atoms with Crippen LogP contribution in [0.15, 0.2) is 53.4 Å². The summed E-state index contributed by atoms with van der Waals surface area (Å²) in [6.45, 7) is 3.20. The highest BCUT2D eigenvalue weighted by atomic mass is 32.2. The summed E-state index contributed by atoms with van der Waals surface area (Å²) in [5.74, 6) is -0.0813. The van der Waals surface area contributed by atoms with Gasteiger partial charge in [0, 0.05) is 25.2 Å². The van der Waals surface area contributed by atoms with Gasteiger partial charge in [-0.05, 0) is 56.0 Å². The van der Waals surface area contributed by atoms with Gasteiger partial charge >= 0.3 is 0 Å². The van der Waals surface area contributed by atoms with Crippen LogP contribution in [-0.2, 0) is 21.2 Å². The Balaban J connectivity index is 1.56. The molecule has 27 heavy (non-hydrogen) atoms. The van der Waals surface area contributed by atoms with Gasteiger partial charge in [-0.25, -0.2) is 8.42 Å². The molecule has 1 heterocycles. The molecule has 0 radical (unpaired) electrons. The summed E-state index contributed by atoms with van der Waals surface area (Å²) in [6.07, 6.45) is 3.96. The summed E-state index contributed by atoms with van der Waals surface area (Å²) in [6, 6.07) is 14.6. The minimum absolute atomic E-state index is 0.0813.